The van der Waals surface area contributed by atoms with Crippen molar-refractivity contribution in [3.8, 4) is 16.8 Å². The van der Waals surface area contributed by atoms with Gasteiger partial charge in [-0.25, -0.2) is 0 Å². The third kappa shape index (κ3) is 6.68. The van der Waals surface area contributed by atoms with Crippen molar-refractivity contribution >= 4 is 44.3 Å². The highest BCUT2D eigenvalue weighted by Gasteiger charge is 2.14. The van der Waals surface area contributed by atoms with E-state index in [0.717, 1.165) is 23.5 Å². The fourth-order valence-corrected chi connectivity index (χ4v) is 6.20. The summed E-state index contributed by atoms with van der Waals surface area (Å²) in [6, 6.07) is 52.5. The number of nitrogens with zero attached hydrogens (tertiary/aromatic N) is 2. The minimum absolute atomic E-state index is 1.01. The molecule has 0 atom stereocenters. The minimum Gasteiger partial charge on any atom is -0.317 e. The molecule has 0 saturated heterocycles. The van der Waals surface area contributed by atoms with Gasteiger partial charge in [-0.05, 0) is 119 Å². The first-order valence-corrected chi connectivity index (χ1v) is 16.7. The van der Waals surface area contributed by atoms with E-state index in [0.29, 0.717) is 0 Å². The largest absolute Gasteiger partial charge is 0.317 e. The van der Waals surface area contributed by atoms with Crippen molar-refractivity contribution in [1.82, 2.24) is 4.57 Å². The molecule has 0 saturated carbocycles. The highest BCUT2D eigenvalue weighted by molar-refractivity contribution is 5.93. The van der Waals surface area contributed by atoms with Crippen LogP contribution in [-0.4, -0.2) is 4.57 Å². The first-order valence-electron chi connectivity index (χ1n) is 16.7. The maximum Gasteiger partial charge on any atom is 0.0528 e. The standard InChI is InChI=1S/C43H36N2.C2H6/c1-3-11-32(12-4-2)34-17-18-37-31-42(25-21-36(37)29-34)45(40-15-9-6-10-16-40)41-23-19-33(20-24-41)35-22-26-43-38(30-35)27-28-44(43)39-13-7-5-8-14-39;1-2/h3,5-31H,4H2,1-2H3;1-2H3/b11-3-,32-12+;. The monoisotopic (exact) mass is 610 g/mol. The Bertz CT molecular complexity index is 2130. The van der Waals surface area contributed by atoms with Crippen molar-refractivity contribution in [2.24, 2.45) is 0 Å². The minimum atomic E-state index is 1.01. The summed E-state index contributed by atoms with van der Waals surface area (Å²) in [5.41, 5.74) is 10.7. The lowest BCUT2D eigenvalue weighted by atomic mass is 9.99. The summed E-state index contributed by atoms with van der Waals surface area (Å²) < 4.78 is 2.24. The Morgan fingerprint density at radius 3 is 1.96 bits per heavy atom. The zero-order chi connectivity index (χ0) is 32.6. The molecule has 0 aliphatic carbocycles. The van der Waals surface area contributed by atoms with Crippen molar-refractivity contribution in [3.05, 3.63) is 176 Å². The number of anilines is 3. The molecule has 2 heteroatoms. The molecule has 0 amide bonds. The molecule has 7 rings (SSSR count). The molecular weight excluding hydrogens is 569 g/mol. The summed E-state index contributed by atoms with van der Waals surface area (Å²) in [5.74, 6) is 0. The molecule has 232 valence electrons. The summed E-state index contributed by atoms with van der Waals surface area (Å²) in [4.78, 5) is 2.34. The van der Waals surface area contributed by atoms with Crippen molar-refractivity contribution in [1.29, 1.82) is 0 Å². The molecule has 0 unspecified atom stereocenters. The van der Waals surface area contributed by atoms with Crippen LogP contribution >= 0.6 is 0 Å². The average Bonchev–Trinajstić information content (AvgIpc) is 3.57. The van der Waals surface area contributed by atoms with E-state index in [1.807, 2.05) is 13.8 Å². The van der Waals surface area contributed by atoms with Crippen LogP contribution in [0.1, 0.15) is 39.7 Å². The predicted octanol–water partition coefficient (Wildman–Crippen LogP) is 13.3. The van der Waals surface area contributed by atoms with E-state index in [4.69, 9.17) is 0 Å². The topological polar surface area (TPSA) is 8.17 Å². The van der Waals surface area contributed by atoms with E-state index >= 15 is 0 Å². The summed E-state index contributed by atoms with van der Waals surface area (Å²) >= 11 is 0. The zero-order valence-corrected chi connectivity index (χ0v) is 27.8. The third-order valence-electron chi connectivity index (χ3n) is 8.38. The molecule has 1 aromatic heterocycles. The number of aromatic nitrogens is 1. The van der Waals surface area contributed by atoms with Crippen LogP contribution in [-0.2, 0) is 0 Å². The molecule has 0 aliphatic rings. The van der Waals surface area contributed by atoms with Gasteiger partial charge in [0.25, 0.3) is 0 Å². The van der Waals surface area contributed by atoms with Crippen molar-refractivity contribution in [2.75, 3.05) is 4.90 Å². The first-order chi connectivity index (χ1) is 23.2. The van der Waals surface area contributed by atoms with Gasteiger partial charge in [0.05, 0.1) is 5.52 Å². The number of hydrogen-bond acceptors (Lipinski definition) is 1. The maximum absolute atomic E-state index is 2.34. The van der Waals surface area contributed by atoms with Crippen LogP contribution in [0.3, 0.4) is 0 Å². The highest BCUT2D eigenvalue weighted by atomic mass is 15.1. The highest BCUT2D eigenvalue weighted by Crippen LogP contribution is 2.38. The van der Waals surface area contributed by atoms with Gasteiger partial charge < -0.3 is 9.47 Å². The molecule has 0 radical (unpaired) electrons. The summed E-state index contributed by atoms with van der Waals surface area (Å²) in [6.07, 6.45) is 9.75. The molecule has 2 nitrogen and oxygen atoms in total. The van der Waals surface area contributed by atoms with Gasteiger partial charge in [-0.3, -0.25) is 0 Å². The third-order valence-corrected chi connectivity index (χ3v) is 8.38. The van der Waals surface area contributed by atoms with Crippen LogP contribution in [0.2, 0.25) is 0 Å². The Kier molecular flexibility index (Phi) is 9.79. The second kappa shape index (κ2) is 14.7. The lowest BCUT2D eigenvalue weighted by molar-refractivity contribution is 1.13. The van der Waals surface area contributed by atoms with Crippen LogP contribution in [0, 0.1) is 0 Å². The number of fused-ring (bicyclic) bond motifs is 2. The van der Waals surface area contributed by atoms with Crippen LogP contribution in [0.25, 0.3) is 44.1 Å². The van der Waals surface area contributed by atoms with E-state index in [1.165, 1.54) is 49.6 Å². The molecule has 0 aliphatic heterocycles. The Morgan fingerprint density at radius 1 is 0.596 bits per heavy atom. The Labute approximate surface area is 279 Å². The van der Waals surface area contributed by atoms with E-state index < -0.39 is 0 Å². The summed E-state index contributed by atoms with van der Waals surface area (Å²) in [6.45, 7) is 8.26. The first kappa shape index (κ1) is 31.4. The van der Waals surface area contributed by atoms with E-state index in [-0.39, 0.29) is 0 Å². The van der Waals surface area contributed by atoms with Crippen LogP contribution < -0.4 is 4.90 Å². The van der Waals surface area contributed by atoms with E-state index in [1.54, 1.807) is 0 Å². The summed E-state index contributed by atoms with van der Waals surface area (Å²) in [7, 11) is 0. The second-order valence-electron chi connectivity index (χ2n) is 11.3. The smallest absolute Gasteiger partial charge is 0.0528 e. The van der Waals surface area contributed by atoms with Crippen molar-refractivity contribution in [2.45, 2.75) is 34.1 Å². The summed E-state index contributed by atoms with van der Waals surface area (Å²) in [5, 5.41) is 3.69. The lowest BCUT2D eigenvalue weighted by Crippen LogP contribution is -2.09. The van der Waals surface area contributed by atoms with Gasteiger partial charge in [0.15, 0.2) is 0 Å². The second-order valence-corrected chi connectivity index (χ2v) is 11.3. The quantitative estimate of drug-likeness (QED) is 0.155. The molecule has 0 N–H and O–H groups in total. The Morgan fingerprint density at radius 2 is 1.23 bits per heavy atom. The van der Waals surface area contributed by atoms with Gasteiger partial charge >= 0.3 is 0 Å². The van der Waals surface area contributed by atoms with E-state index in [2.05, 4.69) is 193 Å². The van der Waals surface area contributed by atoms with Gasteiger partial charge in [0.2, 0.25) is 0 Å². The van der Waals surface area contributed by atoms with Crippen LogP contribution in [0.15, 0.2) is 170 Å². The average molecular weight is 611 g/mol. The normalized spacial score (nSPS) is 11.5. The molecule has 0 fully saturated rings. The zero-order valence-electron chi connectivity index (χ0n) is 27.8. The number of para-hydroxylation sites is 2. The molecule has 1 heterocycles. The molecule has 7 aromatic rings. The Balaban J connectivity index is 0.00000190. The fourth-order valence-electron chi connectivity index (χ4n) is 6.20. The van der Waals surface area contributed by atoms with E-state index in [9.17, 15) is 0 Å². The number of allylic oxidation sites excluding steroid dienone is 4. The number of hydrogen-bond donors (Lipinski definition) is 0. The van der Waals surface area contributed by atoms with Crippen molar-refractivity contribution in [3.63, 3.8) is 0 Å². The van der Waals surface area contributed by atoms with Crippen molar-refractivity contribution < 1.29 is 0 Å². The lowest BCUT2D eigenvalue weighted by Gasteiger charge is -2.26. The maximum atomic E-state index is 2.34. The number of rotatable bonds is 8. The molecular formula is C45H42N2. The van der Waals surface area contributed by atoms with Gasteiger partial charge in [0, 0.05) is 34.3 Å². The molecule has 6 aromatic carbocycles. The van der Waals surface area contributed by atoms with Crippen LogP contribution in [0.4, 0.5) is 17.1 Å². The SMILES string of the molecule is C/C=C\C(=C/CC)c1ccc2cc(N(c3ccccc3)c3ccc(-c4ccc5c(ccn5-c5ccccc5)c4)cc3)ccc2c1.CC. The Hall–Kier alpha value is -5.60. The van der Waals surface area contributed by atoms with Gasteiger partial charge in [-0.1, -0.05) is 112 Å². The number of benzene rings is 6. The van der Waals surface area contributed by atoms with Gasteiger partial charge in [-0.2, -0.15) is 0 Å². The van der Waals surface area contributed by atoms with Crippen LogP contribution in [0.5, 0.6) is 0 Å². The molecule has 47 heavy (non-hydrogen) atoms. The van der Waals surface area contributed by atoms with Gasteiger partial charge in [-0.15, -0.1) is 0 Å². The fraction of sp³-hybridized carbons (Fsp3) is 0.111. The molecule has 0 spiro atoms. The van der Waals surface area contributed by atoms with Gasteiger partial charge in [0.1, 0.15) is 0 Å². The molecule has 0 bridgehead atoms. The predicted molar refractivity (Wildman–Crippen MR) is 205 cm³/mol.